The molecule has 0 aliphatic rings. The third-order valence-corrected chi connectivity index (χ3v) is 4.67. The van der Waals surface area contributed by atoms with E-state index in [-0.39, 0.29) is 0 Å². The molecule has 84 valence electrons. The van der Waals surface area contributed by atoms with Crippen molar-refractivity contribution in [3.8, 4) is 0 Å². The number of thiazole rings is 1. The van der Waals surface area contributed by atoms with Gasteiger partial charge >= 0.3 is 0 Å². The number of aromatic nitrogens is 1. The van der Waals surface area contributed by atoms with Gasteiger partial charge in [0, 0.05) is 11.1 Å². The molecular formula is C13H14BrNS. The van der Waals surface area contributed by atoms with E-state index in [2.05, 4.69) is 53.0 Å². The van der Waals surface area contributed by atoms with Crippen molar-refractivity contribution in [1.29, 1.82) is 0 Å². The highest BCUT2D eigenvalue weighted by atomic mass is 79.9. The Morgan fingerprint density at radius 2 is 2.19 bits per heavy atom. The van der Waals surface area contributed by atoms with Gasteiger partial charge in [-0.2, -0.15) is 0 Å². The summed E-state index contributed by atoms with van der Waals surface area (Å²) in [6.07, 6.45) is 2.96. The Labute approximate surface area is 109 Å². The summed E-state index contributed by atoms with van der Waals surface area (Å²) in [5, 5.41) is 0. The molecule has 3 heteroatoms. The maximum absolute atomic E-state index is 4.11. The van der Waals surface area contributed by atoms with Crippen molar-refractivity contribution in [1.82, 2.24) is 4.98 Å². The predicted molar refractivity (Wildman–Crippen MR) is 73.4 cm³/mol. The molecule has 0 aliphatic heterocycles. The SMILES string of the molecule is Cc1ccc(C)c(CC(Br)c2cncs2)c1. The Morgan fingerprint density at radius 3 is 2.88 bits per heavy atom. The highest BCUT2D eigenvalue weighted by Gasteiger charge is 2.11. The molecule has 0 saturated heterocycles. The second kappa shape index (κ2) is 5.11. The molecule has 2 rings (SSSR count). The van der Waals surface area contributed by atoms with Crippen LogP contribution in [0, 0.1) is 13.8 Å². The smallest absolute Gasteiger partial charge is 0.0794 e. The minimum atomic E-state index is 0.375. The quantitative estimate of drug-likeness (QED) is 0.763. The van der Waals surface area contributed by atoms with Gasteiger partial charge in [-0.1, -0.05) is 39.7 Å². The molecule has 1 atom stereocenters. The number of aryl methyl sites for hydroxylation is 2. The molecule has 0 aliphatic carbocycles. The zero-order chi connectivity index (χ0) is 11.5. The molecule has 0 bridgehead atoms. The van der Waals surface area contributed by atoms with Crippen molar-refractivity contribution in [3.05, 3.63) is 51.5 Å². The van der Waals surface area contributed by atoms with Gasteiger partial charge in [0.15, 0.2) is 0 Å². The van der Waals surface area contributed by atoms with Gasteiger partial charge in [0.25, 0.3) is 0 Å². The Morgan fingerprint density at radius 1 is 1.38 bits per heavy atom. The fraction of sp³-hybridized carbons (Fsp3) is 0.308. The van der Waals surface area contributed by atoms with Gasteiger partial charge in [0.1, 0.15) is 0 Å². The summed E-state index contributed by atoms with van der Waals surface area (Å²) >= 11 is 5.43. The molecule has 1 nitrogen and oxygen atoms in total. The summed E-state index contributed by atoms with van der Waals surface area (Å²) in [5.74, 6) is 0. The van der Waals surface area contributed by atoms with Crippen molar-refractivity contribution >= 4 is 27.3 Å². The van der Waals surface area contributed by atoms with Crippen LogP contribution in [0.1, 0.15) is 26.4 Å². The number of alkyl halides is 1. The van der Waals surface area contributed by atoms with Gasteiger partial charge in [0.2, 0.25) is 0 Å². The summed E-state index contributed by atoms with van der Waals surface area (Å²) in [5.41, 5.74) is 5.98. The second-order valence-electron chi connectivity index (χ2n) is 4.01. The van der Waals surface area contributed by atoms with Crippen LogP contribution in [0.3, 0.4) is 0 Å². The largest absolute Gasteiger partial charge is 0.253 e. The first-order valence-electron chi connectivity index (χ1n) is 5.25. The summed E-state index contributed by atoms with van der Waals surface area (Å²) in [6.45, 7) is 4.31. The van der Waals surface area contributed by atoms with Crippen LogP contribution in [0.2, 0.25) is 0 Å². The third kappa shape index (κ3) is 2.71. The molecule has 1 heterocycles. The van der Waals surface area contributed by atoms with Crippen LogP contribution in [0.25, 0.3) is 0 Å². The second-order valence-corrected chi connectivity index (χ2v) is 6.03. The van der Waals surface area contributed by atoms with Crippen LogP contribution < -0.4 is 0 Å². The van der Waals surface area contributed by atoms with Crippen LogP contribution in [0.5, 0.6) is 0 Å². The molecule has 16 heavy (non-hydrogen) atoms. The molecule has 1 unspecified atom stereocenters. The van der Waals surface area contributed by atoms with E-state index in [1.165, 1.54) is 21.6 Å². The van der Waals surface area contributed by atoms with Gasteiger partial charge in [-0.3, -0.25) is 4.98 Å². The first kappa shape index (κ1) is 11.8. The number of hydrogen-bond acceptors (Lipinski definition) is 2. The fourth-order valence-electron chi connectivity index (χ4n) is 1.69. The number of benzene rings is 1. The van der Waals surface area contributed by atoms with E-state index in [1.54, 1.807) is 11.3 Å². The Kier molecular flexibility index (Phi) is 3.77. The van der Waals surface area contributed by atoms with Gasteiger partial charge in [0.05, 0.1) is 10.3 Å². The number of nitrogens with zero attached hydrogens (tertiary/aromatic N) is 1. The van der Waals surface area contributed by atoms with Crippen molar-refractivity contribution < 1.29 is 0 Å². The zero-order valence-electron chi connectivity index (χ0n) is 9.40. The molecule has 1 aromatic carbocycles. The summed E-state index contributed by atoms with van der Waals surface area (Å²) in [4.78, 5) is 5.78. The Bertz CT molecular complexity index is 465. The molecule has 0 radical (unpaired) electrons. The van der Waals surface area contributed by atoms with Crippen LogP contribution in [-0.4, -0.2) is 4.98 Å². The van der Waals surface area contributed by atoms with Gasteiger partial charge in [-0.05, 0) is 31.4 Å². The third-order valence-electron chi connectivity index (χ3n) is 2.66. The summed E-state index contributed by atoms with van der Waals surface area (Å²) in [7, 11) is 0. The Hall–Kier alpha value is -0.670. The number of hydrogen-bond donors (Lipinski definition) is 0. The first-order chi connectivity index (χ1) is 7.66. The average molecular weight is 296 g/mol. The van der Waals surface area contributed by atoms with E-state index in [9.17, 15) is 0 Å². The maximum Gasteiger partial charge on any atom is 0.0794 e. The average Bonchev–Trinajstić information content (AvgIpc) is 2.76. The molecule has 0 amide bonds. The summed E-state index contributed by atoms with van der Waals surface area (Å²) < 4.78 is 0. The number of rotatable bonds is 3. The van der Waals surface area contributed by atoms with E-state index in [1.807, 2.05) is 11.7 Å². The van der Waals surface area contributed by atoms with E-state index >= 15 is 0 Å². The molecule has 0 saturated carbocycles. The Balaban J connectivity index is 2.17. The first-order valence-corrected chi connectivity index (χ1v) is 7.05. The van der Waals surface area contributed by atoms with Crippen molar-refractivity contribution in [2.75, 3.05) is 0 Å². The normalized spacial score (nSPS) is 12.7. The van der Waals surface area contributed by atoms with E-state index < -0.39 is 0 Å². The lowest BCUT2D eigenvalue weighted by Gasteiger charge is -2.10. The highest BCUT2D eigenvalue weighted by molar-refractivity contribution is 9.09. The van der Waals surface area contributed by atoms with Crippen molar-refractivity contribution in [2.45, 2.75) is 25.1 Å². The van der Waals surface area contributed by atoms with E-state index in [4.69, 9.17) is 0 Å². The predicted octanol–water partition coefficient (Wildman–Crippen LogP) is 4.44. The summed E-state index contributed by atoms with van der Waals surface area (Å²) in [6, 6.07) is 6.62. The van der Waals surface area contributed by atoms with Crippen molar-refractivity contribution in [2.24, 2.45) is 0 Å². The fourth-order valence-corrected chi connectivity index (χ4v) is 3.08. The topological polar surface area (TPSA) is 12.9 Å². The van der Waals surface area contributed by atoms with Gasteiger partial charge in [-0.25, -0.2) is 0 Å². The van der Waals surface area contributed by atoms with Crippen molar-refractivity contribution in [3.63, 3.8) is 0 Å². The molecule has 0 spiro atoms. The molecule has 0 fully saturated rings. The highest BCUT2D eigenvalue weighted by Crippen LogP contribution is 2.30. The monoisotopic (exact) mass is 295 g/mol. The zero-order valence-corrected chi connectivity index (χ0v) is 11.8. The van der Waals surface area contributed by atoms with E-state index in [0.29, 0.717) is 4.83 Å². The van der Waals surface area contributed by atoms with Gasteiger partial charge in [-0.15, -0.1) is 11.3 Å². The van der Waals surface area contributed by atoms with Crippen LogP contribution in [-0.2, 0) is 6.42 Å². The molecular weight excluding hydrogens is 282 g/mol. The number of halogens is 1. The van der Waals surface area contributed by atoms with Crippen LogP contribution in [0.4, 0.5) is 0 Å². The van der Waals surface area contributed by atoms with Gasteiger partial charge < -0.3 is 0 Å². The minimum absolute atomic E-state index is 0.375. The molecule has 2 aromatic rings. The standard InChI is InChI=1S/C13H14BrNS/c1-9-3-4-10(2)11(5-9)6-12(14)13-7-15-8-16-13/h3-5,7-8,12H,6H2,1-2H3. The minimum Gasteiger partial charge on any atom is -0.253 e. The lowest BCUT2D eigenvalue weighted by atomic mass is 10.0. The lowest BCUT2D eigenvalue weighted by molar-refractivity contribution is 0.951. The molecule has 0 N–H and O–H groups in total. The van der Waals surface area contributed by atoms with E-state index in [0.717, 1.165) is 6.42 Å². The molecule has 1 aromatic heterocycles. The lowest BCUT2D eigenvalue weighted by Crippen LogP contribution is -1.96. The van der Waals surface area contributed by atoms with Crippen LogP contribution >= 0.6 is 27.3 Å². The maximum atomic E-state index is 4.11. The van der Waals surface area contributed by atoms with Crippen LogP contribution in [0.15, 0.2) is 29.9 Å².